The summed E-state index contributed by atoms with van der Waals surface area (Å²) in [6, 6.07) is 0. The highest BCUT2D eigenvalue weighted by molar-refractivity contribution is 4.62. The monoisotopic (exact) mass is 114 g/mol. The average Bonchev–Trinajstić information content (AvgIpc) is 1.64. The lowest BCUT2D eigenvalue weighted by molar-refractivity contribution is 0.0274. The Labute approximate surface area is 51.0 Å². The molecule has 0 saturated carbocycles. The molecule has 1 aliphatic rings. The van der Waals surface area contributed by atoms with Crippen molar-refractivity contribution in [1.29, 1.82) is 0 Å². The van der Waals surface area contributed by atoms with Gasteiger partial charge in [0.25, 0.3) is 0 Å². The van der Waals surface area contributed by atoms with Gasteiger partial charge in [-0.25, -0.2) is 0 Å². The molecule has 1 heterocycles. The summed E-state index contributed by atoms with van der Waals surface area (Å²) in [6.07, 6.45) is 1.35. The Morgan fingerprint density at radius 1 is 1.12 bits per heavy atom. The summed E-state index contributed by atoms with van der Waals surface area (Å²) in [5, 5.41) is 0. The predicted molar refractivity (Wildman–Crippen MR) is 33.8 cm³/mol. The third-order valence-corrected chi connectivity index (χ3v) is 1.61. The van der Waals surface area contributed by atoms with Crippen molar-refractivity contribution in [3.05, 3.63) is 0 Å². The van der Waals surface area contributed by atoms with Gasteiger partial charge in [-0.05, 0) is 18.3 Å². The normalized spacial score (nSPS) is 39.8. The molecule has 1 rings (SSSR count). The summed E-state index contributed by atoms with van der Waals surface area (Å²) in [4.78, 5) is 0. The van der Waals surface area contributed by atoms with Crippen LogP contribution in [0.1, 0.15) is 20.3 Å². The molecular formula is C7H14O. The van der Waals surface area contributed by atoms with E-state index in [0.717, 1.165) is 25.0 Å². The van der Waals surface area contributed by atoms with E-state index in [-0.39, 0.29) is 0 Å². The van der Waals surface area contributed by atoms with Gasteiger partial charge in [0.05, 0.1) is 0 Å². The fourth-order valence-electron chi connectivity index (χ4n) is 1.29. The van der Waals surface area contributed by atoms with Crippen molar-refractivity contribution in [3.63, 3.8) is 0 Å². The van der Waals surface area contributed by atoms with Gasteiger partial charge in [-0.1, -0.05) is 13.8 Å². The van der Waals surface area contributed by atoms with E-state index >= 15 is 0 Å². The lowest BCUT2D eigenvalue weighted by Gasteiger charge is -2.23. The first-order chi connectivity index (χ1) is 3.79. The molecule has 0 bridgehead atoms. The minimum Gasteiger partial charge on any atom is -0.381 e. The maximum atomic E-state index is 5.29. The van der Waals surface area contributed by atoms with Gasteiger partial charge < -0.3 is 4.74 Å². The molecule has 1 aliphatic heterocycles. The van der Waals surface area contributed by atoms with Gasteiger partial charge in [-0.15, -0.1) is 0 Å². The summed E-state index contributed by atoms with van der Waals surface area (Å²) in [7, 11) is 0. The number of ether oxygens (including phenoxy) is 1. The second-order valence-corrected chi connectivity index (χ2v) is 2.98. The van der Waals surface area contributed by atoms with Crippen LogP contribution in [0, 0.1) is 11.8 Å². The van der Waals surface area contributed by atoms with Gasteiger partial charge in [0.1, 0.15) is 0 Å². The van der Waals surface area contributed by atoms with Crippen LogP contribution < -0.4 is 0 Å². The Balaban J connectivity index is 2.23. The molecule has 0 radical (unpaired) electrons. The predicted octanol–water partition coefficient (Wildman–Crippen LogP) is 1.68. The van der Waals surface area contributed by atoms with Crippen LogP contribution in [0.3, 0.4) is 0 Å². The molecule has 0 amide bonds. The molecule has 1 fully saturated rings. The van der Waals surface area contributed by atoms with Crippen molar-refractivity contribution in [2.75, 3.05) is 13.2 Å². The van der Waals surface area contributed by atoms with Crippen LogP contribution in [0.5, 0.6) is 0 Å². The van der Waals surface area contributed by atoms with Gasteiger partial charge in [-0.2, -0.15) is 0 Å². The van der Waals surface area contributed by atoms with Crippen LogP contribution in [0.25, 0.3) is 0 Å². The van der Waals surface area contributed by atoms with Gasteiger partial charge in [0.15, 0.2) is 0 Å². The maximum Gasteiger partial charge on any atom is 0.0491 e. The van der Waals surface area contributed by atoms with E-state index in [2.05, 4.69) is 13.8 Å². The quantitative estimate of drug-likeness (QED) is 0.465. The fraction of sp³-hybridized carbons (Fsp3) is 1.00. The van der Waals surface area contributed by atoms with E-state index in [0.29, 0.717) is 0 Å². The Kier molecular flexibility index (Phi) is 1.90. The van der Waals surface area contributed by atoms with Crippen molar-refractivity contribution >= 4 is 0 Å². The van der Waals surface area contributed by atoms with E-state index in [1.807, 2.05) is 0 Å². The number of hydrogen-bond donors (Lipinski definition) is 0. The summed E-state index contributed by atoms with van der Waals surface area (Å²) >= 11 is 0. The van der Waals surface area contributed by atoms with Crippen molar-refractivity contribution < 1.29 is 4.74 Å². The number of rotatable bonds is 0. The molecule has 8 heavy (non-hydrogen) atoms. The van der Waals surface area contributed by atoms with Crippen molar-refractivity contribution in [2.24, 2.45) is 11.8 Å². The lowest BCUT2D eigenvalue weighted by Crippen LogP contribution is -2.21. The van der Waals surface area contributed by atoms with Crippen LogP contribution in [0.15, 0.2) is 0 Å². The Hall–Kier alpha value is -0.0400. The summed E-state index contributed by atoms with van der Waals surface area (Å²) < 4.78 is 5.29. The first-order valence-electron chi connectivity index (χ1n) is 3.37. The van der Waals surface area contributed by atoms with Gasteiger partial charge in [0.2, 0.25) is 0 Å². The molecule has 0 aliphatic carbocycles. The van der Waals surface area contributed by atoms with Crippen LogP contribution in [-0.2, 0) is 4.74 Å². The van der Waals surface area contributed by atoms with Crippen LogP contribution in [0.4, 0.5) is 0 Å². The van der Waals surface area contributed by atoms with E-state index < -0.39 is 0 Å². The smallest absolute Gasteiger partial charge is 0.0491 e. The molecule has 1 nitrogen and oxygen atoms in total. The van der Waals surface area contributed by atoms with E-state index in [4.69, 9.17) is 4.74 Å². The Morgan fingerprint density at radius 3 is 1.88 bits per heavy atom. The zero-order chi connectivity index (χ0) is 5.98. The lowest BCUT2D eigenvalue weighted by atomic mass is 9.96. The summed E-state index contributed by atoms with van der Waals surface area (Å²) in [5.41, 5.74) is 0. The molecule has 0 aromatic rings. The molecule has 48 valence electrons. The molecule has 0 spiro atoms. The summed E-state index contributed by atoms with van der Waals surface area (Å²) in [6.45, 7) is 6.44. The first-order valence-corrected chi connectivity index (χ1v) is 3.37. The maximum absolute atomic E-state index is 5.29. The molecule has 2 atom stereocenters. The average molecular weight is 114 g/mol. The third kappa shape index (κ3) is 1.48. The van der Waals surface area contributed by atoms with Crippen molar-refractivity contribution in [2.45, 2.75) is 20.3 Å². The Bertz CT molecular complexity index is 62.8. The van der Waals surface area contributed by atoms with Crippen molar-refractivity contribution in [3.8, 4) is 0 Å². The van der Waals surface area contributed by atoms with Gasteiger partial charge in [-0.3, -0.25) is 0 Å². The van der Waals surface area contributed by atoms with Crippen LogP contribution in [0.2, 0.25) is 0 Å². The Morgan fingerprint density at radius 2 is 1.62 bits per heavy atom. The third-order valence-electron chi connectivity index (χ3n) is 1.61. The van der Waals surface area contributed by atoms with Gasteiger partial charge >= 0.3 is 0 Å². The largest absolute Gasteiger partial charge is 0.381 e. The second kappa shape index (κ2) is 2.49. The molecule has 0 unspecified atom stereocenters. The zero-order valence-electron chi connectivity index (χ0n) is 5.68. The summed E-state index contributed by atoms with van der Waals surface area (Å²) in [5.74, 6) is 1.58. The van der Waals surface area contributed by atoms with Crippen LogP contribution >= 0.6 is 0 Å². The minimum absolute atomic E-state index is 0.791. The second-order valence-electron chi connectivity index (χ2n) is 2.98. The molecule has 1 heteroatoms. The highest BCUT2D eigenvalue weighted by Gasteiger charge is 2.14. The topological polar surface area (TPSA) is 9.23 Å². The molecule has 0 aromatic carbocycles. The van der Waals surface area contributed by atoms with E-state index in [1.165, 1.54) is 6.42 Å². The molecule has 1 saturated heterocycles. The first kappa shape index (κ1) is 6.09. The molecule has 0 aromatic heterocycles. The minimum atomic E-state index is 0.791. The van der Waals surface area contributed by atoms with E-state index in [9.17, 15) is 0 Å². The molecule has 0 N–H and O–H groups in total. The standard InChI is InChI=1S/C7H14O/c1-6-3-7(2)5-8-4-6/h6-7H,3-5H2,1-2H3/t6-,7+. The fourth-order valence-corrected chi connectivity index (χ4v) is 1.29. The highest BCUT2D eigenvalue weighted by atomic mass is 16.5. The number of hydrogen-bond acceptors (Lipinski definition) is 1. The van der Waals surface area contributed by atoms with E-state index in [1.54, 1.807) is 0 Å². The zero-order valence-corrected chi connectivity index (χ0v) is 5.68. The van der Waals surface area contributed by atoms with Crippen molar-refractivity contribution in [1.82, 2.24) is 0 Å². The highest BCUT2D eigenvalue weighted by Crippen LogP contribution is 2.17. The SMILES string of the molecule is C[C@@H]1COC[C@H](C)C1. The molecular weight excluding hydrogens is 100 g/mol. The van der Waals surface area contributed by atoms with Crippen LogP contribution in [-0.4, -0.2) is 13.2 Å². The van der Waals surface area contributed by atoms with Gasteiger partial charge in [0, 0.05) is 13.2 Å².